The molecule has 1 saturated heterocycles. The highest BCUT2D eigenvalue weighted by Gasteiger charge is 2.24. The van der Waals surface area contributed by atoms with Gasteiger partial charge in [-0.2, -0.15) is 0 Å². The van der Waals surface area contributed by atoms with Gasteiger partial charge in [0.2, 0.25) is 0 Å². The van der Waals surface area contributed by atoms with Crippen LogP contribution in [-0.2, 0) is 4.74 Å². The van der Waals surface area contributed by atoms with E-state index in [1.54, 1.807) is 6.33 Å². The summed E-state index contributed by atoms with van der Waals surface area (Å²) >= 11 is 0. The van der Waals surface area contributed by atoms with Crippen LogP contribution in [0, 0.1) is 5.92 Å². The number of hydrogen-bond acceptors (Lipinski definition) is 3. The Morgan fingerprint density at radius 3 is 3.17 bits per heavy atom. The van der Waals surface area contributed by atoms with E-state index in [0.717, 1.165) is 30.7 Å². The van der Waals surface area contributed by atoms with Crippen LogP contribution >= 0.6 is 0 Å². The molecule has 2 aromatic rings. The number of nitrogens with zero attached hydrogens (tertiary/aromatic N) is 2. The van der Waals surface area contributed by atoms with Gasteiger partial charge in [0.1, 0.15) is 5.52 Å². The lowest BCUT2D eigenvalue weighted by atomic mass is 10.1. The molecule has 1 fully saturated rings. The third kappa shape index (κ3) is 1.97. The van der Waals surface area contributed by atoms with E-state index >= 15 is 0 Å². The molecule has 1 aromatic carbocycles. The number of hydrogen-bond donors (Lipinski definition) is 1. The first-order valence-electron chi connectivity index (χ1n) is 6.54. The van der Waals surface area contributed by atoms with Gasteiger partial charge >= 0.3 is 0 Å². The second kappa shape index (κ2) is 4.61. The van der Waals surface area contributed by atoms with Gasteiger partial charge in [-0.3, -0.25) is 0 Å². The second-order valence-electron chi connectivity index (χ2n) is 5.18. The Hall–Kier alpha value is -1.55. The van der Waals surface area contributed by atoms with Crippen molar-refractivity contribution in [2.45, 2.75) is 20.0 Å². The molecule has 0 saturated carbocycles. The van der Waals surface area contributed by atoms with Crippen LogP contribution in [0.2, 0.25) is 0 Å². The fraction of sp³-hybridized carbons (Fsp3) is 0.500. The topological polar surface area (TPSA) is 41.2 Å². The van der Waals surface area contributed by atoms with Crippen molar-refractivity contribution in [2.24, 2.45) is 5.92 Å². The van der Waals surface area contributed by atoms with Crippen LogP contribution in [0.25, 0.3) is 11.0 Å². The Morgan fingerprint density at radius 1 is 1.44 bits per heavy atom. The molecule has 2 heterocycles. The standard InChI is InChI=1S/C14H19N3O/c1-10(2)13-8-17(6-7-18-13)12-5-3-4-11-14(12)16-9-15-11/h3-5,9-10,13H,6-8H2,1-2H3,(H,15,16)/t13-/m1/s1. The number of aromatic amines is 1. The highest BCUT2D eigenvalue weighted by molar-refractivity contribution is 5.88. The predicted molar refractivity (Wildman–Crippen MR) is 72.9 cm³/mol. The largest absolute Gasteiger partial charge is 0.374 e. The zero-order chi connectivity index (χ0) is 12.5. The zero-order valence-electron chi connectivity index (χ0n) is 10.9. The molecule has 4 nitrogen and oxygen atoms in total. The van der Waals surface area contributed by atoms with E-state index in [9.17, 15) is 0 Å². The molecule has 1 aliphatic rings. The third-order valence-corrected chi connectivity index (χ3v) is 3.61. The average molecular weight is 245 g/mol. The number of rotatable bonds is 2. The van der Waals surface area contributed by atoms with Crippen LogP contribution < -0.4 is 4.90 Å². The van der Waals surface area contributed by atoms with Crippen LogP contribution in [0.1, 0.15) is 13.8 Å². The minimum Gasteiger partial charge on any atom is -0.374 e. The summed E-state index contributed by atoms with van der Waals surface area (Å²) in [5.74, 6) is 0.547. The molecule has 0 aliphatic carbocycles. The first-order chi connectivity index (χ1) is 8.75. The van der Waals surface area contributed by atoms with Crippen LogP contribution in [0.4, 0.5) is 5.69 Å². The van der Waals surface area contributed by atoms with Crippen molar-refractivity contribution in [3.05, 3.63) is 24.5 Å². The second-order valence-corrected chi connectivity index (χ2v) is 5.18. The molecule has 3 rings (SSSR count). The summed E-state index contributed by atoms with van der Waals surface area (Å²) in [6, 6.07) is 6.29. The first-order valence-corrected chi connectivity index (χ1v) is 6.54. The predicted octanol–water partition coefficient (Wildman–Crippen LogP) is 2.42. The molecule has 0 spiro atoms. The molecule has 0 amide bonds. The van der Waals surface area contributed by atoms with E-state index in [1.165, 1.54) is 5.69 Å². The molecule has 1 aromatic heterocycles. The van der Waals surface area contributed by atoms with Gasteiger partial charge in [0.15, 0.2) is 0 Å². The maximum Gasteiger partial charge on any atom is 0.112 e. The molecule has 1 N–H and O–H groups in total. The number of nitrogens with one attached hydrogen (secondary N) is 1. The van der Waals surface area contributed by atoms with Crippen LogP contribution in [0.3, 0.4) is 0 Å². The fourth-order valence-electron chi connectivity index (χ4n) is 2.50. The maximum absolute atomic E-state index is 5.81. The lowest BCUT2D eigenvalue weighted by Crippen LogP contribution is -2.44. The summed E-state index contributed by atoms with van der Waals surface area (Å²) in [5.41, 5.74) is 3.37. The van der Waals surface area contributed by atoms with E-state index in [0.29, 0.717) is 12.0 Å². The lowest BCUT2D eigenvalue weighted by Gasteiger charge is -2.36. The summed E-state index contributed by atoms with van der Waals surface area (Å²) < 4.78 is 5.81. The van der Waals surface area contributed by atoms with Crippen molar-refractivity contribution in [3.63, 3.8) is 0 Å². The number of H-pyrrole nitrogens is 1. The minimum absolute atomic E-state index is 0.313. The maximum atomic E-state index is 5.81. The highest BCUT2D eigenvalue weighted by Crippen LogP contribution is 2.26. The third-order valence-electron chi connectivity index (χ3n) is 3.61. The van der Waals surface area contributed by atoms with E-state index in [4.69, 9.17) is 4.74 Å². The minimum atomic E-state index is 0.313. The van der Waals surface area contributed by atoms with Crippen molar-refractivity contribution in [2.75, 3.05) is 24.6 Å². The molecule has 96 valence electrons. The SMILES string of the molecule is CC(C)[C@H]1CN(c2cccc3[nH]cnc23)CCO1. The Balaban J connectivity index is 1.92. The number of aromatic nitrogens is 2. The van der Waals surface area contributed by atoms with Crippen molar-refractivity contribution in [1.82, 2.24) is 9.97 Å². The van der Waals surface area contributed by atoms with E-state index < -0.39 is 0 Å². The molecule has 0 bridgehead atoms. The Labute approximate surface area is 107 Å². The van der Waals surface area contributed by atoms with Crippen LogP contribution in [0.5, 0.6) is 0 Å². The normalized spacial score (nSPS) is 20.8. The number of imidazole rings is 1. The van der Waals surface area contributed by atoms with Gasteiger partial charge in [0.25, 0.3) is 0 Å². The lowest BCUT2D eigenvalue weighted by molar-refractivity contribution is 0.0115. The summed E-state index contributed by atoms with van der Waals surface area (Å²) in [7, 11) is 0. The van der Waals surface area contributed by atoms with Gasteiger partial charge in [-0.05, 0) is 18.1 Å². The van der Waals surface area contributed by atoms with Gasteiger partial charge in [-0.15, -0.1) is 0 Å². The number of para-hydroxylation sites is 1. The first kappa shape index (κ1) is 11.5. The molecule has 0 unspecified atom stereocenters. The van der Waals surface area contributed by atoms with Crippen molar-refractivity contribution < 1.29 is 4.74 Å². The summed E-state index contributed by atoms with van der Waals surface area (Å²) in [6.45, 7) is 7.11. The van der Waals surface area contributed by atoms with E-state index in [-0.39, 0.29) is 0 Å². The van der Waals surface area contributed by atoms with Gasteiger partial charge in [0.05, 0.1) is 30.2 Å². The van der Waals surface area contributed by atoms with Crippen molar-refractivity contribution in [1.29, 1.82) is 0 Å². The van der Waals surface area contributed by atoms with Gasteiger partial charge in [-0.1, -0.05) is 19.9 Å². The number of anilines is 1. The molecule has 1 aliphatic heterocycles. The molecular weight excluding hydrogens is 226 g/mol. The van der Waals surface area contributed by atoms with Gasteiger partial charge in [0, 0.05) is 13.1 Å². The van der Waals surface area contributed by atoms with Crippen molar-refractivity contribution >= 4 is 16.7 Å². The highest BCUT2D eigenvalue weighted by atomic mass is 16.5. The monoisotopic (exact) mass is 245 g/mol. The quantitative estimate of drug-likeness (QED) is 0.883. The smallest absolute Gasteiger partial charge is 0.112 e. The average Bonchev–Trinajstić information content (AvgIpc) is 2.87. The summed E-state index contributed by atoms with van der Waals surface area (Å²) in [5, 5.41) is 0. The van der Waals surface area contributed by atoms with Crippen LogP contribution in [0.15, 0.2) is 24.5 Å². The fourth-order valence-corrected chi connectivity index (χ4v) is 2.50. The number of morpholine rings is 1. The summed E-state index contributed by atoms with van der Waals surface area (Å²) in [6.07, 6.45) is 2.07. The van der Waals surface area contributed by atoms with Gasteiger partial charge in [-0.25, -0.2) is 4.98 Å². The van der Waals surface area contributed by atoms with Gasteiger partial charge < -0.3 is 14.6 Å². The molecular formula is C14H19N3O. The number of fused-ring (bicyclic) bond motifs is 1. The Bertz CT molecular complexity index is 535. The Morgan fingerprint density at radius 2 is 2.33 bits per heavy atom. The van der Waals surface area contributed by atoms with Crippen molar-refractivity contribution in [3.8, 4) is 0 Å². The van der Waals surface area contributed by atoms with E-state index in [1.807, 2.05) is 0 Å². The molecule has 1 atom stereocenters. The molecule has 0 radical (unpaired) electrons. The molecule has 18 heavy (non-hydrogen) atoms. The summed E-state index contributed by atoms with van der Waals surface area (Å²) in [4.78, 5) is 9.98. The van der Waals surface area contributed by atoms with Crippen LogP contribution in [-0.4, -0.2) is 35.8 Å². The zero-order valence-corrected chi connectivity index (χ0v) is 10.9. The van der Waals surface area contributed by atoms with E-state index in [2.05, 4.69) is 46.9 Å². The number of ether oxygens (including phenoxy) is 1. The number of benzene rings is 1. The Kier molecular flexibility index (Phi) is 2.96. The molecule has 4 heteroatoms.